The van der Waals surface area contributed by atoms with Gasteiger partial charge in [-0.3, -0.25) is 9.88 Å². The first-order chi connectivity index (χ1) is 12.0. The molecule has 0 saturated carbocycles. The zero-order valence-corrected chi connectivity index (χ0v) is 16.4. The van der Waals surface area contributed by atoms with Gasteiger partial charge in [0, 0.05) is 43.3 Å². The third kappa shape index (κ3) is 5.60. The van der Waals surface area contributed by atoms with Crippen LogP contribution in [0.4, 0.5) is 5.69 Å². The van der Waals surface area contributed by atoms with Crippen LogP contribution in [0.2, 0.25) is 0 Å². The Kier molecular flexibility index (Phi) is 7.51. The molecule has 1 N–H and O–H groups in total. The van der Waals surface area contributed by atoms with Gasteiger partial charge in [0.1, 0.15) is 5.75 Å². The fourth-order valence-electron chi connectivity index (χ4n) is 3.31. The van der Waals surface area contributed by atoms with E-state index in [2.05, 4.69) is 49.0 Å². The minimum Gasteiger partial charge on any atom is -0.497 e. The Balaban J connectivity index is 2.07. The number of hydrogen-bond acceptors (Lipinski definition) is 4. The van der Waals surface area contributed by atoms with E-state index in [-0.39, 0.29) is 0 Å². The maximum absolute atomic E-state index is 5.43. The summed E-state index contributed by atoms with van der Waals surface area (Å²) in [6.45, 7) is 12.3. The van der Waals surface area contributed by atoms with Crippen LogP contribution in [0.15, 0.2) is 30.5 Å². The van der Waals surface area contributed by atoms with E-state index in [9.17, 15) is 0 Å². The molecule has 0 spiro atoms. The van der Waals surface area contributed by atoms with Gasteiger partial charge in [0.2, 0.25) is 0 Å². The summed E-state index contributed by atoms with van der Waals surface area (Å²) in [5, 5.41) is 4.68. The van der Waals surface area contributed by atoms with Crippen LogP contribution in [-0.4, -0.2) is 42.7 Å². The van der Waals surface area contributed by atoms with Crippen molar-refractivity contribution in [3.05, 3.63) is 30.5 Å². The number of ether oxygens (including phenoxy) is 1. The van der Waals surface area contributed by atoms with Crippen LogP contribution in [0.1, 0.15) is 40.5 Å². The van der Waals surface area contributed by atoms with Crippen molar-refractivity contribution in [2.75, 3.05) is 32.1 Å². The summed E-state index contributed by atoms with van der Waals surface area (Å²) >= 11 is 0. The molecular weight excluding hydrogens is 310 g/mol. The maximum atomic E-state index is 5.43. The molecule has 2 rings (SSSR count). The second kappa shape index (κ2) is 9.62. The molecule has 25 heavy (non-hydrogen) atoms. The molecule has 0 aliphatic carbocycles. The molecule has 1 aromatic carbocycles. The van der Waals surface area contributed by atoms with Gasteiger partial charge in [-0.05, 0) is 31.4 Å². The number of nitrogens with zero attached hydrogens (tertiary/aromatic N) is 2. The molecule has 1 aromatic heterocycles. The molecule has 1 unspecified atom stereocenters. The van der Waals surface area contributed by atoms with Crippen molar-refractivity contribution in [2.24, 2.45) is 5.92 Å². The van der Waals surface area contributed by atoms with Crippen molar-refractivity contribution in [3.8, 4) is 5.75 Å². The molecule has 0 aliphatic rings. The van der Waals surface area contributed by atoms with E-state index >= 15 is 0 Å². The second-order valence-corrected chi connectivity index (χ2v) is 7.20. The number of methoxy groups -OCH3 is 1. The smallest absolute Gasteiger partial charge is 0.121 e. The number of benzene rings is 1. The van der Waals surface area contributed by atoms with E-state index in [0.29, 0.717) is 12.0 Å². The molecule has 0 amide bonds. The Morgan fingerprint density at radius 3 is 2.72 bits per heavy atom. The minimum atomic E-state index is 0.620. The fraction of sp³-hybridized carbons (Fsp3) is 0.571. The Morgan fingerprint density at radius 1 is 1.24 bits per heavy atom. The van der Waals surface area contributed by atoms with E-state index in [1.54, 1.807) is 7.11 Å². The summed E-state index contributed by atoms with van der Waals surface area (Å²) in [7, 11) is 1.71. The monoisotopic (exact) mass is 343 g/mol. The molecule has 0 fully saturated rings. The van der Waals surface area contributed by atoms with Crippen LogP contribution >= 0.6 is 0 Å². The molecule has 138 valence electrons. The van der Waals surface area contributed by atoms with Gasteiger partial charge in [-0.25, -0.2) is 0 Å². The van der Waals surface area contributed by atoms with Crippen LogP contribution in [0.25, 0.3) is 10.9 Å². The fourth-order valence-corrected chi connectivity index (χ4v) is 3.31. The highest BCUT2D eigenvalue weighted by molar-refractivity contribution is 5.91. The van der Waals surface area contributed by atoms with Gasteiger partial charge >= 0.3 is 0 Å². The van der Waals surface area contributed by atoms with Crippen molar-refractivity contribution in [2.45, 2.75) is 46.6 Å². The van der Waals surface area contributed by atoms with Crippen LogP contribution < -0.4 is 10.1 Å². The number of pyridine rings is 1. The lowest BCUT2D eigenvalue weighted by Crippen LogP contribution is -2.39. The summed E-state index contributed by atoms with van der Waals surface area (Å²) in [5.74, 6) is 1.54. The number of rotatable bonds is 10. The lowest BCUT2D eigenvalue weighted by Gasteiger charge is -2.30. The molecule has 1 atom stereocenters. The number of nitrogens with one attached hydrogen (secondary N) is 1. The van der Waals surface area contributed by atoms with E-state index in [0.717, 1.165) is 42.0 Å². The van der Waals surface area contributed by atoms with Gasteiger partial charge in [-0.15, -0.1) is 0 Å². The van der Waals surface area contributed by atoms with Crippen LogP contribution in [0.3, 0.4) is 0 Å². The number of fused-ring (bicyclic) bond motifs is 1. The summed E-state index contributed by atoms with van der Waals surface area (Å²) in [5.41, 5.74) is 2.04. The van der Waals surface area contributed by atoms with E-state index in [1.807, 2.05) is 24.4 Å². The summed E-state index contributed by atoms with van der Waals surface area (Å²) in [4.78, 5) is 7.13. The number of anilines is 1. The molecule has 4 nitrogen and oxygen atoms in total. The first-order valence-corrected chi connectivity index (χ1v) is 9.45. The Hall–Kier alpha value is -1.81. The van der Waals surface area contributed by atoms with E-state index in [1.165, 1.54) is 12.8 Å². The lowest BCUT2D eigenvalue weighted by atomic mass is 10.1. The van der Waals surface area contributed by atoms with Crippen LogP contribution in [0, 0.1) is 5.92 Å². The Bertz CT molecular complexity index is 657. The molecule has 1 heterocycles. The van der Waals surface area contributed by atoms with E-state index in [4.69, 9.17) is 4.74 Å². The van der Waals surface area contributed by atoms with E-state index < -0.39 is 0 Å². The summed E-state index contributed by atoms with van der Waals surface area (Å²) in [6, 6.07) is 8.72. The van der Waals surface area contributed by atoms with Gasteiger partial charge < -0.3 is 10.1 Å². The standard InChI is InChI=1S/C21H33N3O/c1-6-8-17(4)24(15-16(2)3)12-11-22-20-14-19(25-5)13-18-9-7-10-23-21(18)20/h7,9-10,13-14,16-17,22H,6,8,11-12,15H2,1-5H3. The second-order valence-electron chi connectivity index (χ2n) is 7.20. The predicted octanol–water partition coefficient (Wildman–Crippen LogP) is 4.80. The Labute approximate surface area is 152 Å². The summed E-state index contributed by atoms with van der Waals surface area (Å²) < 4.78 is 5.43. The largest absolute Gasteiger partial charge is 0.497 e. The Morgan fingerprint density at radius 2 is 2.04 bits per heavy atom. The molecule has 2 aromatic rings. The zero-order valence-electron chi connectivity index (χ0n) is 16.4. The van der Waals surface area contributed by atoms with Gasteiger partial charge in [0.15, 0.2) is 0 Å². The number of aromatic nitrogens is 1. The van der Waals surface area contributed by atoms with Crippen molar-refractivity contribution < 1.29 is 4.74 Å². The van der Waals surface area contributed by atoms with Crippen molar-refractivity contribution >= 4 is 16.6 Å². The first-order valence-electron chi connectivity index (χ1n) is 9.45. The topological polar surface area (TPSA) is 37.4 Å². The number of hydrogen-bond donors (Lipinski definition) is 1. The average molecular weight is 344 g/mol. The molecular formula is C21H33N3O. The molecule has 4 heteroatoms. The molecule has 0 radical (unpaired) electrons. The van der Waals surface area contributed by atoms with Gasteiger partial charge in [-0.1, -0.05) is 33.3 Å². The third-order valence-electron chi connectivity index (χ3n) is 4.56. The molecule has 0 aliphatic heterocycles. The van der Waals surface area contributed by atoms with Crippen molar-refractivity contribution in [1.29, 1.82) is 0 Å². The van der Waals surface area contributed by atoms with Gasteiger partial charge in [0.05, 0.1) is 18.3 Å². The SMILES string of the molecule is CCCC(C)N(CCNc1cc(OC)cc2cccnc12)CC(C)C. The normalized spacial score (nSPS) is 12.8. The van der Waals surface area contributed by atoms with Crippen LogP contribution in [0.5, 0.6) is 5.75 Å². The predicted molar refractivity (Wildman–Crippen MR) is 108 cm³/mol. The maximum Gasteiger partial charge on any atom is 0.121 e. The quantitative estimate of drug-likeness (QED) is 0.672. The average Bonchev–Trinajstić information content (AvgIpc) is 2.60. The lowest BCUT2D eigenvalue weighted by molar-refractivity contribution is 0.184. The highest BCUT2D eigenvalue weighted by atomic mass is 16.5. The minimum absolute atomic E-state index is 0.620. The van der Waals surface area contributed by atoms with Crippen molar-refractivity contribution in [1.82, 2.24) is 9.88 Å². The summed E-state index contributed by atoms with van der Waals surface area (Å²) in [6.07, 6.45) is 4.32. The van der Waals surface area contributed by atoms with Gasteiger partial charge in [-0.2, -0.15) is 0 Å². The van der Waals surface area contributed by atoms with Crippen molar-refractivity contribution in [3.63, 3.8) is 0 Å². The first kappa shape index (κ1) is 19.5. The third-order valence-corrected chi connectivity index (χ3v) is 4.56. The van der Waals surface area contributed by atoms with Gasteiger partial charge in [0.25, 0.3) is 0 Å². The molecule has 0 bridgehead atoms. The highest BCUT2D eigenvalue weighted by Gasteiger charge is 2.14. The highest BCUT2D eigenvalue weighted by Crippen LogP contribution is 2.27. The van der Waals surface area contributed by atoms with Crippen LogP contribution in [-0.2, 0) is 0 Å². The zero-order chi connectivity index (χ0) is 18.2. The molecule has 0 saturated heterocycles.